The van der Waals surface area contributed by atoms with E-state index >= 15 is 0 Å². The van der Waals surface area contributed by atoms with Gasteiger partial charge in [-0.05, 0) is 75.7 Å². The second-order valence-electron chi connectivity index (χ2n) is 12.6. The molecule has 2 unspecified atom stereocenters. The van der Waals surface area contributed by atoms with Crippen LogP contribution in [0.5, 0.6) is 11.8 Å². The average Bonchev–Trinajstić information content (AvgIpc) is 3.77. The van der Waals surface area contributed by atoms with Crippen LogP contribution in [0.2, 0.25) is 0 Å². The van der Waals surface area contributed by atoms with Crippen molar-refractivity contribution < 1.29 is 17.0 Å². The predicted octanol–water partition coefficient (Wildman–Crippen LogP) is 4.26. The Balaban J connectivity index is 1.30. The van der Waals surface area contributed by atoms with Gasteiger partial charge < -0.3 is 29.9 Å². The summed E-state index contributed by atoms with van der Waals surface area (Å²) in [5.41, 5.74) is 2.68. The van der Waals surface area contributed by atoms with Crippen LogP contribution in [0.1, 0.15) is 52.2 Å². The fourth-order valence-electron chi connectivity index (χ4n) is 7.12. The summed E-state index contributed by atoms with van der Waals surface area (Å²) in [6.45, 7) is 3.45. The molecule has 8 rings (SSSR count). The van der Waals surface area contributed by atoms with Gasteiger partial charge in [-0.1, -0.05) is 13.0 Å². The summed E-state index contributed by atoms with van der Waals surface area (Å²) in [4.78, 5) is 16.3. The van der Waals surface area contributed by atoms with E-state index in [-0.39, 0.29) is 17.6 Å². The summed E-state index contributed by atoms with van der Waals surface area (Å²) >= 11 is 0. The lowest BCUT2D eigenvalue weighted by molar-refractivity contribution is 0.182. The Hall–Kier alpha value is -3.17. The van der Waals surface area contributed by atoms with Crippen molar-refractivity contribution in [3.05, 3.63) is 46.9 Å². The number of anilines is 2. The molecular weight excluding hydrogens is 519 g/mol. The molecule has 9 heteroatoms. The number of phenolic OH excluding ortho intramolecular Hbond substituents is 1. The number of piperidine rings is 2. The van der Waals surface area contributed by atoms with Gasteiger partial charge in [0.25, 0.3) is 0 Å². The first-order valence-electron chi connectivity index (χ1n) is 16.0. The summed E-state index contributed by atoms with van der Waals surface area (Å²) in [5.74, 6) is 0.738. The van der Waals surface area contributed by atoms with Crippen LogP contribution in [0.4, 0.5) is 15.9 Å². The van der Waals surface area contributed by atoms with Crippen LogP contribution < -0.4 is 19.9 Å². The lowest BCUT2D eigenvalue weighted by atomic mass is 9.92. The van der Waals surface area contributed by atoms with Crippen LogP contribution in [-0.2, 0) is 19.4 Å². The number of rotatable bonds is 8. The normalized spacial score (nSPS) is 23.9. The maximum Gasteiger partial charge on any atom is 0.318 e. The van der Waals surface area contributed by atoms with Crippen molar-refractivity contribution >= 4 is 22.3 Å². The van der Waals surface area contributed by atoms with Gasteiger partial charge in [0.1, 0.15) is 17.4 Å². The molecule has 41 heavy (non-hydrogen) atoms. The quantitative estimate of drug-likeness (QED) is 0.422. The lowest BCUT2D eigenvalue weighted by Gasteiger charge is -2.47. The van der Waals surface area contributed by atoms with Crippen molar-refractivity contribution in [3.63, 3.8) is 0 Å². The van der Waals surface area contributed by atoms with Crippen molar-refractivity contribution in [3.8, 4) is 11.8 Å². The molecule has 1 aliphatic carbocycles. The number of benzene rings is 2. The lowest BCUT2D eigenvalue weighted by Crippen LogP contribution is -2.61. The van der Waals surface area contributed by atoms with Crippen molar-refractivity contribution in [2.45, 2.75) is 64.1 Å². The smallest absolute Gasteiger partial charge is 0.318 e. The van der Waals surface area contributed by atoms with Crippen LogP contribution in [0.3, 0.4) is 0 Å². The van der Waals surface area contributed by atoms with E-state index in [1.54, 1.807) is 18.2 Å². The molecule has 2 bridgehead atoms. The second kappa shape index (κ2) is 10.3. The van der Waals surface area contributed by atoms with Crippen LogP contribution >= 0.6 is 0 Å². The molecule has 4 aliphatic heterocycles. The number of nitrogens with one attached hydrogen (secondary N) is 1. The van der Waals surface area contributed by atoms with Crippen LogP contribution in [0, 0.1) is 11.2 Å². The molecule has 218 valence electrons. The second-order valence-corrected chi connectivity index (χ2v) is 12.6. The van der Waals surface area contributed by atoms with Crippen LogP contribution in [0.25, 0.3) is 10.8 Å². The van der Waals surface area contributed by atoms with Gasteiger partial charge in [-0.15, -0.1) is 0 Å². The van der Waals surface area contributed by atoms with Gasteiger partial charge in [0, 0.05) is 66.4 Å². The van der Waals surface area contributed by atoms with Crippen molar-refractivity contribution in [1.29, 1.82) is 0 Å². The molecule has 3 saturated heterocycles. The largest absolute Gasteiger partial charge is 0.508 e. The minimum Gasteiger partial charge on any atom is -0.508 e. The first kappa shape index (κ1) is 24.4. The Morgan fingerprint density at radius 3 is 2.78 bits per heavy atom. The Bertz CT molecular complexity index is 1560. The van der Waals surface area contributed by atoms with Crippen molar-refractivity contribution in [2.75, 3.05) is 56.6 Å². The number of ether oxygens (including phenoxy) is 1. The number of fused-ring (bicyclic) bond motifs is 5. The summed E-state index contributed by atoms with van der Waals surface area (Å²) in [6, 6.07) is 7.39. The van der Waals surface area contributed by atoms with E-state index in [1.165, 1.54) is 6.07 Å². The minimum atomic E-state index is -1.92. The third-order valence-electron chi connectivity index (χ3n) is 9.30. The first-order chi connectivity index (χ1) is 20.6. The topological polar surface area (TPSA) is 77.0 Å². The summed E-state index contributed by atoms with van der Waals surface area (Å²) in [7, 11) is 3.91. The molecule has 1 aromatic heterocycles. The number of hydrogen-bond acceptors (Lipinski definition) is 8. The van der Waals surface area contributed by atoms with E-state index in [9.17, 15) is 9.50 Å². The zero-order valence-corrected chi connectivity index (χ0v) is 24.2. The molecule has 0 radical (unpaired) electrons. The maximum absolute atomic E-state index is 15.0. The van der Waals surface area contributed by atoms with Crippen molar-refractivity contribution in [2.24, 2.45) is 5.41 Å². The number of aromatic nitrogens is 2. The molecule has 1 saturated carbocycles. The standard InChI is InChI=1S/C32H41FN6O2/c1-4-24-26(33)8-5-20-13-23(40)14-28(29(20)24)38-12-9-25-27(17-38)35-31(41-19-32(10-11-32)18-37(2)3)36-30(25)39-16-21-6-7-22(39)15-34-21/h5,8,13-14,21-22,34,40H,4,6-7,9-12,15-19H2,1-3H3/i19D2. The third kappa shape index (κ3) is 4.97. The van der Waals surface area contributed by atoms with Crippen molar-refractivity contribution in [1.82, 2.24) is 20.2 Å². The number of aryl methyl sites for hydroxylation is 1. The average molecular weight is 563 g/mol. The van der Waals surface area contributed by atoms with Gasteiger partial charge in [0.2, 0.25) is 0 Å². The molecule has 2 aromatic carbocycles. The first-order valence-corrected chi connectivity index (χ1v) is 15.0. The Kier molecular flexibility index (Phi) is 6.12. The Labute approximate surface area is 244 Å². The van der Waals surface area contributed by atoms with Gasteiger partial charge in [-0.3, -0.25) is 0 Å². The highest BCUT2D eigenvalue weighted by atomic mass is 19.1. The van der Waals surface area contributed by atoms with E-state index in [0.29, 0.717) is 50.1 Å². The zero-order chi connectivity index (χ0) is 30.1. The highest BCUT2D eigenvalue weighted by molar-refractivity contribution is 5.98. The molecule has 8 nitrogen and oxygen atoms in total. The number of nitrogens with zero attached hydrogens (tertiary/aromatic N) is 5. The monoisotopic (exact) mass is 562 g/mol. The Morgan fingerprint density at radius 1 is 1.24 bits per heavy atom. The van der Waals surface area contributed by atoms with Gasteiger partial charge in [-0.25, -0.2) is 4.39 Å². The molecule has 0 spiro atoms. The number of hydrogen-bond donors (Lipinski definition) is 2. The van der Waals surface area contributed by atoms with Gasteiger partial charge >= 0.3 is 6.01 Å². The molecule has 3 aromatic rings. The number of aromatic hydroxyl groups is 1. The molecular formula is C32H41FN6O2. The van der Waals surface area contributed by atoms with Gasteiger partial charge in [0.05, 0.1) is 21.5 Å². The van der Waals surface area contributed by atoms with E-state index in [0.717, 1.165) is 72.3 Å². The highest BCUT2D eigenvalue weighted by Crippen LogP contribution is 2.46. The van der Waals surface area contributed by atoms with E-state index in [2.05, 4.69) is 15.1 Å². The third-order valence-corrected chi connectivity index (χ3v) is 9.30. The SMILES string of the molecule is [2H]C([2H])(Oc1nc2c(c(N3CC4CCC3CN4)n1)CCN(c1cc(O)cc3ccc(F)c(CC)c13)C2)C1(CN(C)C)CC1. The number of piperazine rings is 1. The molecule has 5 heterocycles. The predicted molar refractivity (Wildman–Crippen MR) is 160 cm³/mol. The molecule has 4 fully saturated rings. The van der Waals surface area contributed by atoms with E-state index < -0.39 is 12.0 Å². The fourth-order valence-corrected chi connectivity index (χ4v) is 7.12. The van der Waals surface area contributed by atoms with E-state index in [1.807, 2.05) is 25.9 Å². The highest BCUT2D eigenvalue weighted by Gasteiger charge is 2.44. The summed E-state index contributed by atoms with van der Waals surface area (Å²) in [6.07, 6.45) is 4.95. The van der Waals surface area contributed by atoms with E-state index in [4.69, 9.17) is 17.4 Å². The zero-order valence-electron chi connectivity index (χ0n) is 26.2. The van der Waals surface area contributed by atoms with Crippen LogP contribution in [0.15, 0.2) is 24.3 Å². The van der Waals surface area contributed by atoms with Crippen LogP contribution in [-0.4, -0.2) is 78.9 Å². The summed E-state index contributed by atoms with van der Waals surface area (Å²) in [5, 5.41) is 15.9. The number of phenols is 1. The minimum absolute atomic E-state index is 0.0705. The van der Waals surface area contributed by atoms with Gasteiger partial charge in [0.15, 0.2) is 0 Å². The molecule has 2 N–H and O–H groups in total. The molecule has 5 aliphatic rings. The fraction of sp³-hybridized carbons (Fsp3) is 0.562. The summed E-state index contributed by atoms with van der Waals surface area (Å²) < 4.78 is 39.0. The molecule has 0 amide bonds. The molecule has 2 atom stereocenters. The maximum atomic E-state index is 15.0. The Morgan fingerprint density at radius 2 is 2.10 bits per heavy atom. The number of halogens is 1. The van der Waals surface area contributed by atoms with Gasteiger partial charge in [-0.2, -0.15) is 9.97 Å².